The van der Waals surface area contributed by atoms with Crippen LogP contribution in [0.4, 0.5) is 17.1 Å². The Hall–Kier alpha value is -5.94. The van der Waals surface area contributed by atoms with E-state index in [0.717, 1.165) is 50.4 Å². The molecule has 46 heavy (non-hydrogen) atoms. The molecule has 0 radical (unpaired) electrons. The molecule has 0 amide bonds. The van der Waals surface area contributed by atoms with Gasteiger partial charge in [-0.3, -0.25) is 9.36 Å². The van der Waals surface area contributed by atoms with Crippen LogP contribution in [0.3, 0.4) is 0 Å². The van der Waals surface area contributed by atoms with Gasteiger partial charge in [0.05, 0.1) is 50.4 Å². The van der Waals surface area contributed by atoms with Gasteiger partial charge in [-0.05, 0) is 59.7 Å². The van der Waals surface area contributed by atoms with Gasteiger partial charge in [0, 0.05) is 21.8 Å². The quantitative estimate of drug-likeness (QED) is 0.201. The molecule has 0 saturated carbocycles. The predicted molar refractivity (Wildman–Crippen MR) is 186 cm³/mol. The van der Waals surface area contributed by atoms with Crippen molar-refractivity contribution in [3.8, 4) is 17.1 Å². The molecular weight excluding hydrogens is 564 g/mol. The number of hydrogen-bond donors (Lipinski definition) is 0. The van der Waals surface area contributed by atoms with E-state index in [1.54, 1.807) is 4.57 Å². The molecule has 10 rings (SSSR count). The largest absolute Gasteiger partial charge is 0.308 e. The topological polar surface area (TPSA) is 43.1 Å². The van der Waals surface area contributed by atoms with Gasteiger partial charge < -0.3 is 9.47 Å². The van der Waals surface area contributed by atoms with Crippen molar-refractivity contribution in [2.45, 2.75) is 19.3 Å². The van der Waals surface area contributed by atoms with Crippen molar-refractivity contribution in [1.29, 1.82) is 0 Å². The molecule has 0 fully saturated rings. The molecule has 0 unspecified atom stereocenters. The van der Waals surface area contributed by atoms with Crippen LogP contribution in [0.1, 0.15) is 35.3 Å². The van der Waals surface area contributed by atoms with E-state index in [4.69, 9.17) is 4.98 Å². The van der Waals surface area contributed by atoms with E-state index in [2.05, 4.69) is 133 Å². The molecule has 2 aliphatic rings. The molecule has 2 aliphatic heterocycles. The minimum absolute atomic E-state index is 0.0483. The van der Waals surface area contributed by atoms with Crippen molar-refractivity contribution in [2.75, 3.05) is 4.90 Å². The lowest BCUT2D eigenvalue weighted by molar-refractivity contribution is 0.0973. The molecule has 8 aromatic rings. The number of anilines is 3. The van der Waals surface area contributed by atoms with E-state index < -0.39 is 0 Å². The van der Waals surface area contributed by atoms with Crippen molar-refractivity contribution < 1.29 is 4.79 Å². The third kappa shape index (κ3) is 3.14. The monoisotopic (exact) mass is 592 g/mol. The van der Waals surface area contributed by atoms with Gasteiger partial charge in [0.15, 0.2) is 0 Å². The summed E-state index contributed by atoms with van der Waals surface area (Å²) in [5.74, 6) is 0.642. The molecular formula is C41H28N4O. The SMILES string of the molecule is CC1(C)c2ccccc2N(c2cc3c(cc2-n2c4ccccc4c4ccccc42)C(=O)n2c-3nc3ccccc32)c2ccccc21. The molecule has 218 valence electrons. The number of fused-ring (bicyclic) bond motifs is 10. The number of benzene rings is 6. The number of hydrogen-bond acceptors (Lipinski definition) is 3. The fourth-order valence-electron chi connectivity index (χ4n) is 7.94. The van der Waals surface area contributed by atoms with Crippen molar-refractivity contribution in [3.63, 3.8) is 0 Å². The molecule has 0 atom stereocenters. The minimum Gasteiger partial charge on any atom is -0.308 e. The zero-order valence-electron chi connectivity index (χ0n) is 25.4. The molecule has 0 saturated heterocycles. The van der Waals surface area contributed by atoms with Crippen LogP contribution in [0.2, 0.25) is 0 Å². The van der Waals surface area contributed by atoms with Crippen LogP contribution in [0, 0.1) is 0 Å². The summed E-state index contributed by atoms with van der Waals surface area (Å²) in [5, 5.41) is 2.35. The summed E-state index contributed by atoms with van der Waals surface area (Å²) in [4.78, 5) is 21.7. The Morgan fingerprint density at radius 3 is 1.70 bits per heavy atom. The Labute approximate surface area is 265 Å². The zero-order valence-corrected chi connectivity index (χ0v) is 25.4. The molecule has 0 bridgehead atoms. The van der Waals surface area contributed by atoms with Gasteiger partial charge in [-0.1, -0.05) is 98.8 Å². The smallest absolute Gasteiger partial charge is 0.264 e. The van der Waals surface area contributed by atoms with Gasteiger partial charge in [0.25, 0.3) is 5.91 Å². The van der Waals surface area contributed by atoms with E-state index >= 15 is 0 Å². The van der Waals surface area contributed by atoms with Gasteiger partial charge in [-0.25, -0.2) is 4.98 Å². The van der Waals surface area contributed by atoms with E-state index in [-0.39, 0.29) is 11.3 Å². The number of carbonyl (C=O) groups is 1. The molecule has 0 spiro atoms. The highest BCUT2D eigenvalue weighted by molar-refractivity contribution is 6.15. The molecule has 0 N–H and O–H groups in total. The first-order valence-corrected chi connectivity index (χ1v) is 15.7. The fourth-order valence-corrected chi connectivity index (χ4v) is 7.94. The highest BCUT2D eigenvalue weighted by atomic mass is 16.2. The summed E-state index contributed by atoms with van der Waals surface area (Å²) in [5.41, 5.74) is 11.9. The number of carbonyl (C=O) groups excluding carboxylic acids is 1. The molecule has 4 heterocycles. The highest BCUT2D eigenvalue weighted by Gasteiger charge is 2.39. The summed E-state index contributed by atoms with van der Waals surface area (Å²) in [6.07, 6.45) is 0. The number of imidazole rings is 1. The Kier molecular flexibility index (Phi) is 4.87. The fraction of sp³-hybridized carbons (Fsp3) is 0.0732. The van der Waals surface area contributed by atoms with Crippen molar-refractivity contribution in [3.05, 3.63) is 150 Å². The van der Waals surface area contributed by atoms with Crippen LogP contribution in [0.25, 0.3) is 49.9 Å². The zero-order chi connectivity index (χ0) is 30.7. The standard InChI is InChI=1S/C41H28N4O/c1-41(2)29-15-5-10-20-34(29)44(35-21-11-6-16-30(35)41)37-23-27-28(40(46)45-36-22-12-7-17-31(36)42-39(27)45)24-38(37)43-32-18-8-3-13-25(32)26-14-4-9-19-33(26)43/h3-24H,1-2H3. The first kappa shape index (κ1) is 25.4. The van der Waals surface area contributed by atoms with Gasteiger partial charge in [0.2, 0.25) is 0 Å². The summed E-state index contributed by atoms with van der Waals surface area (Å²) < 4.78 is 4.11. The second-order valence-electron chi connectivity index (χ2n) is 12.8. The predicted octanol–water partition coefficient (Wildman–Crippen LogP) is 9.91. The average Bonchev–Trinajstić information content (AvgIpc) is 3.72. The lowest BCUT2D eigenvalue weighted by Crippen LogP contribution is -2.31. The van der Waals surface area contributed by atoms with Crippen molar-refractivity contribution in [1.82, 2.24) is 14.1 Å². The molecule has 5 nitrogen and oxygen atoms in total. The number of para-hydroxylation sites is 6. The Bertz CT molecular complexity index is 2500. The number of rotatable bonds is 2. The summed E-state index contributed by atoms with van der Waals surface area (Å²) >= 11 is 0. The van der Waals surface area contributed by atoms with Gasteiger partial charge in [-0.15, -0.1) is 0 Å². The number of aromatic nitrogens is 3. The van der Waals surface area contributed by atoms with Crippen LogP contribution in [0.5, 0.6) is 0 Å². The maximum atomic E-state index is 14.3. The Balaban J connectivity index is 1.37. The van der Waals surface area contributed by atoms with Crippen LogP contribution >= 0.6 is 0 Å². The molecule has 5 heteroatoms. The van der Waals surface area contributed by atoms with E-state index in [1.807, 2.05) is 24.3 Å². The molecule has 6 aromatic carbocycles. The van der Waals surface area contributed by atoms with Crippen molar-refractivity contribution in [2.24, 2.45) is 0 Å². The lowest BCUT2D eigenvalue weighted by Gasteiger charge is -2.42. The van der Waals surface area contributed by atoms with Crippen LogP contribution < -0.4 is 4.90 Å². The second-order valence-corrected chi connectivity index (χ2v) is 12.8. The first-order chi connectivity index (χ1) is 22.5. The first-order valence-electron chi connectivity index (χ1n) is 15.7. The summed E-state index contributed by atoms with van der Waals surface area (Å²) in [7, 11) is 0. The normalized spacial score (nSPS) is 14.5. The van der Waals surface area contributed by atoms with E-state index in [0.29, 0.717) is 11.4 Å². The van der Waals surface area contributed by atoms with Crippen molar-refractivity contribution >= 4 is 55.8 Å². The lowest BCUT2D eigenvalue weighted by atomic mass is 9.73. The highest BCUT2D eigenvalue weighted by Crippen LogP contribution is 2.54. The molecule has 2 aromatic heterocycles. The third-order valence-electron chi connectivity index (χ3n) is 10.0. The average molecular weight is 593 g/mol. The number of nitrogens with zero attached hydrogens (tertiary/aromatic N) is 4. The maximum absolute atomic E-state index is 14.3. The Morgan fingerprint density at radius 2 is 1.04 bits per heavy atom. The van der Waals surface area contributed by atoms with Crippen LogP contribution in [-0.2, 0) is 5.41 Å². The Morgan fingerprint density at radius 1 is 0.522 bits per heavy atom. The van der Waals surface area contributed by atoms with Gasteiger partial charge in [0.1, 0.15) is 5.82 Å². The van der Waals surface area contributed by atoms with Crippen LogP contribution in [0.15, 0.2) is 133 Å². The minimum atomic E-state index is -0.197. The van der Waals surface area contributed by atoms with Gasteiger partial charge in [-0.2, -0.15) is 0 Å². The second kappa shape index (κ2) is 8.83. The van der Waals surface area contributed by atoms with Gasteiger partial charge >= 0.3 is 0 Å². The molecule has 0 aliphatic carbocycles. The summed E-state index contributed by atoms with van der Waals surface area (Å²) in [6, 6.07) is 46.7. The summed E-state index contributed by atoms with van der Waals surface area (Å²) in [6.45, 7) is 4.61. The van der Waals surface area contributed by atoms with E-state index in [1.165, 1.54) is 21.9 Å². The maximum Gasteiger partial charge on any atom is 0.264 e. The van der Waals surface area contributed by atoms with Crippen LogP contribution in [-0.4, -0.2) is 20.0 Å². The van der Waals surface area contributed by atoms with E-state index in [9.17, 15) is 4.79 Å². The third-order valence-corrected chi connectivity index (χ3v) is 10.0.